The number of ether oxygens (including phenoxy) is 2. The van der Waals surface area contributed by atoms with Crippen LogP contribution in [0.15, 0.2) is 59.4 Å². The summed E-state index contributed by atoms with van der Waals surface area (Å²) in [5.41, 5.74) is 0.651. The maximum Gasteiger partial charge on any atom is 0.303 e. The van der Waals surface area contributed by atoms with Gasteiger partial charge in [0.05, 0.1) is 24.4 Å². The van der Waals surface area contributed by atoms with Gasteiger partial charge in [0.25, 0.3) is 5.91 Å². The number of likely N-dealkylation sites (N-methyl/N-ethyl adjacent to an activating group) is 1. The number of carbonyl (C=O) groups excluding carboxylic acids is 2. The Bertz CT molecular complexity index is 1060. The first-order valence-electron chi connectivity index (χ1n) is 13.6. The lowest BCUT2D eigenvalue weighted by Gasteiger charge is -2.38. The average molecular weight is 562 g/mol. The first kappa shape index (κ1) is 33.2. The molecular formula is C30H43NO9. The van der Waals surface area contributed by atoms with Gasteiger partial charge in [-0.05, 0) is 32.3 Å². The van der Waals surface area contributed by atoms with Crippen LogP contribution in [-0.2, 0) is 23.9 Å². The number of nitrogens with zero attached hydrogens (tertiary/aromatic N) is 1. The normalized spacial score (nSPS) is 29.4. The zero-order valence-electron chi connectivity index (χ0n) is 24.1. The molecule has 222 valence electrons. The fourth-order valence-electron chi connectivity index (χ4n) is 4.89. The largest absolute Gasteiger partial charge is 0.507 e. The van der Waals surface area contributed by atoms with Gasteiger partial charge in [-0.1, -0.05) is 62.8 Å². The number of rotatable bonds is 12. The van der Waals surface area contributed by atoms with Crippen LogP contribution in [0.25, 0.3) is 0 Å². The number of carboxylic acids is 1. The molecule has 0 radical (unpaired) electrons. The summed E-state index contributed by atoms with van der Waals surface area (Å²) in [6, 6.07) is -0.899. The van der Waals surface area contributed by atoms with Crippen LogP contribution in [0.5, 0.6) is 0 Å². The van der Waals surface area contributed by atoms with Crippen LogP contribution in [0.1, 0.15) is 53.9 Å². The highest BCUT2D eigenvalue weighted by atomic mass is 16.7. The molecule has 40 heavy (non-hydrogen) atoms. The molecule has 2 heterocycles. The molecule has 2 saturated heterocycles. The lowest BCUT2D eigenvalue weighted by molar-refractivity contribution is -0.267. The minimum Gasteiger partial charge on any atom is -0.507 e. The maximum atomic E-state index is 12.5. The molecule has 0 bridgehead atoms. The molecule has 4 N–H and O–H groups in total. The van der Waals surface area contributed by atoms with Gasteiger partial charge in [-0.15, -0.1) is 0 Å². The van der Waals surface area contributed by atoms with Crippen molar-refractivity contribution < 1.29 is 44.3 Å². The van der Waals surface area contributed by atoms with Gasteiger partial charge in [-0.2, -0.15) is 0 Å². The Labute approximate surface area is 236 Å². The van der Waals surface area contributed by atoms with Gasteiger partial charge in [-0.25, -0.2) is 0 Å². The molecule has 7 atom stereocenters. The molecule has 0 aromatic rings. The van der Waals surface area contributed by atoms with Crippen LogP contribution in [-0.4, -0.2) is 86.8 Å². The standard InChI is InChI=1S/C30H43NO9/c1-17(2)29(40-25-16-23(33)27(36)20(5)39-25)19(4)15-18(3)11-9-7-8-10-12-22(32)26-28(37)21(13-14-24(34)35)31(6)30(26)38/h7-12,15,17,19-21,23,25,27,29,32-33,36H,13-14,16H2,1-6H3,(H,34,35)/b8-7+,11-9+,12-10+,18-15+,26-22+. The van der Waals surface area contributed by atoms with Crippen LogP contribution in [0.4, 0.5) is 0 Å². The van der Waals surface area contributed by atoms with E-state index in [9.17, 15) is 29.7 Å². The number of hydrogen-bond acceptors (Lipinski definition) is 8. The number of aliphatic hydroxyl groups is 3. The van der Waals surface area contributed by atoms with Crippen LogP contribution >= 0.6 is 0 Å². The van der Waals surface area contributed by atoms with Crippen molar-refractivity contribution in [2.75, 3.05) is 7.05 Å². The van der Waals surface area contributed by atoms with Gasteiger partial charge in [-0.3, -0.25) is 14.4 Å². The summed E-state index contributed by atoms with van der Waals surface area (Å²) in [5.74, 6) is -2.52. The van der Waals surface area contributed by atoms with Crippen LogP contribution < -0.4 is 0 Å². The second-order valence-electron chi connectivity index (χ2n) is 10.8. The van der Waals surface area contributed by atoms with E-state index in [1.807, 2.05) is 26.0 Å². The Morgan fingerprint density at radius 2 is 1.73 bits per heavy atom. The first-order valence-corrected chi connectivity index (χ1v) is 13.6. The SMILES string of the molecule is CC(/C=C/C=C/C=C/C(O)=C1/C(=O)C(CCC(=O)O)N(C)C1=O)=C\C(C)C(OC1CC(O)C(O)C(C)O1)C(C)C. The number of aliphatic carboxylic acids is 1. The van der Waals surface area contributed by atoms with Crippen LogP contribution in [0.3, 0.4) is 0 Å². The van der Waals surface area contributed by atoms with Crippen LogP contribution in [0, 0.1) is 11.8 Å². The number of allylic oxidation sites excluding steroid dienone is 7. The Kier molecular flexibility index (Phi) is 12.5. The van der Waals surface area contributed by atoms with Gasteiger partial charge in [0.15, 0.2) is 12.1 Å². The highest BCUT2D eigenvalue weighted by Crippen LogP contribution is 2.28. The topological polar surface area (TPSA) is 154 Å². The quantitative estimate of drug-likeness (QED) is 0.122. The van der Waals surface area contributed by atoms with E-state index in [2.05, 4.69) is 19.9 Å². The van der Waals surface area contributed by atoms with E-state index in [1.165, 1.54) is 19.2 Å². The summed E-state index contributed by atoms with van der Waals surface area (Å²) in [4.78, 5) is 36.9. The van der Waals surface area contributed by atoms with Crippen molar-refractivity contribution in [2.45, 2.75) is 90.6 Å². The molecular weight excluding hydrogens is 518 g/mol. The number of carboxylic acid groups (broad SMARTS) is 1. The Morgan fingerprint density at radius 3 is 2.30 bits per heavy atom. The number of Topliss-reactive ketones (excluding diaryl/α,β-unsaturated/α-hetero) is 1. The zero-order valence-corrected chi connectivity index (χ0v) is 24.1. The third-order valence-electron chi connectivity index (χ3n) is 7.07. The fourth-order valence-corrected chi connectivity index (χ4v) is 4.89. The summed E-state index contributed by atoms with van der Waals surface area (Å²) in [5, 5.41) is 39.1. The van der Waals surface area contributed by atoms with E-state index in [4.69, 9.17) is 14.6 Å². The molecule has 0 saturated carbocycles. The molecule has 1 amide bonds. The molecule has 0 aromatic heterocycles. The molecule has 2 aliphatic rings. The van der Waals surface area contributed by atoms with Gasteiger partial charge in [0.1, 0.15) is 17.4 Å². The highest BCUT2D eigenvalue weighted by Gasteiger charge is 2.42. The summed E-state index contributed by atoms with van der Waals surface area (Å²) in [6.07, 6.45) is 8.75. The molecule has 2 aliphatic heterocycles. The molecule has 2 fully saturated rings. The van der Waals surface area contributed by atoms with Crippen molar-refractivity contribution in [1.29, 1.82) is 0 Å². The Balaban J connectivity index is 1.97. The van der Waals surface area contributed by atoms with Gasteiger partial charge < -0.3 is 34.8 Å². The summed E-state index contributed by atoms with van der Waals surface area (Å²) < 4.78 is 11.9. The average Bonchev–Trinajstić information content (AvgIpc) is 3.08. The fraction of sp³-hybridized carbons (Fsp3) is 0.567. The second kappa shape index (κ2) is 15.1. The zero-order chi connectivity index (χ0) is 30.1. The van der Waals surface area contributed by atoms with E-state index in [0.29, 0.717) is 0 Å². The molecule has 0 aromatic carbocycles. The maximum absolute atomic E-state index is 12.5. The summed E-state index contributed by atoms with van der Waals surface area (Å²) >= 11 is 0. The first-order chi connectivity index (χ1) is 18.7. The third-order valence-corrected chi connectivity index (χ3v) is 7.07. The number of ketones is 1. The monoisotopic (exact) mass is 561 g/mol. The van der Waals surface area contributed by atoms with E-state index >= 15 is 0 Å². The molecule has 10 heteroatoms. The second-order valence-corrected chi connectivity index (χ2v) is 10.8. The van der Waals surface area contributed by atoms with E-state index in [0.717, 1.165) is 10.5 Å². The number of carbonyl (C=O) groups is 3. The van der Waals surface area contributed by atoms with Gasteiger partial charge >= 0.3 is 5.97 Å². The van der Waals surface area contributed by atoms with Crippen molar-refractivity contribution in [1.82, 2.24) is 4.90 Å². The molecule has 10 nitrogen and oxygen atoms in total. The van der Waals surface area contributed by atoms with Crippen molar-refractivity contribution >= 4 is 17.7 Å². The number of amides is 1. The van der Waals surface area contributed by atoms with E-state index in [-0.39, 0.29) is 42.8 Å². The van der Waals surface area contributed by atoms with Crippen molar-refractivity contribution in [2.24, 2.45) is 11.8 Å². The molecule has 0 spiro atoms. The smallest absolute Gasteiger partial charge is 0.303 e. The third kappa shape index (κ3) is 8.99. The van der Waals surface area contributed by atoms with E-state index in [1.54, 1.807) is 19.1 Å². The lowest BCUT2D eigenvalue weighted by atomic mass is 9.92. The van der Waals surface area contributed by atoms with Gasteiger partial charge in [0, 0.05) is 25.8 Å². The minimum atomic E-state index is -1.06. The van der Waals surface area contributed by atoms with Crippen LogP contribution in [0.2, 0.25) is 0 Å². The minimum absolute atomic E-state index is 0.0159. The Hall–Kier alpha value is -3.05. The lowest BCUT2D eigenvalue weighted by Crippen LogP contribution is -2.49. The van der Waals surface area contributed by atoms with Gasteiger partial charge in [0.2, 0.25) is 0 Å². The molecule has 0 aliphatic carbocycles. The van der Waals surface area contributed by atoms with E-state index < -0.39 is 54.1 Å². The van der Waals surface area contributed by atoms with Crippen molar-refractivity contribution in [3.05, 3.63) is 59.4 Å². The predicted octanol–water partition coefficient (Wildman–Crippen LogP) is 3.22. The number of hydrogen-bond donors (Lipinski definition) is 4. The number of aliphatic hydroxyl groups excluding tert-OH is 3. The molecule has 7 unspecified atom stereocenters. The summed E-state index contributed by atoms with van der Waals surface area (Å²) in [6.45, 7) is 9.82. The highest BCUT2D eigenvalue weighted by molar-refractivity contribution is 6.26. The van der Waals surface area contributed by atoms with Crippen molar-refractivity contribution in [3.8, 4) is 0 Å². The number of likely N-dealkylation sites (tertiary alicyclic amines) is 1. The summed E-state index contributed by atoms with van der Waals surface area (Å²) in [7, 11) is 1.41. The Morgan fingerprint density at radius 1 is 1.10 bits per heavy atom. The predicted molar refractivity (Wildman–Crippen MR) is 149 cm³/mol. The molecule has 2 rings (SSSR count). The van der Waals surface area contributed by atoms with Crippen molar-refractivity contribution in [3.63, 3.8) is 0 Å².